The summed E-state index contributed by atoms with van der Waals surface area (Å²) in [4.78, 5) is 34.3. The lowest BCUT2D eigenvalue weighted by atomic mass is 9.90. The predicted octanol–water partition coefficient (Wildman–Crippen LogP) is 4.25. The van der Waals surface area contributed by atoms with Gasteiger partial charge in [0.2, 0.25) is 0 Å². The maximum Gasteiger partial charge on any atom is 0.253 e. The smallest absolute Gasteiger partial charge is 0.253 e. The fraction of sp³-hybridized carbons (Fsp3) is 0.231. The molecule has 5 rings (SSSR count). The van der Waals surface area contributed by atoms with Crippen molar-refractivity contribution in [3.05, 3.63) is 84.2 Å². The monoisotopic (exact) mass is 424 g/mol. The van der Waals surface area contributed by atoms with Gasteiger partial charge in [-0.1, -0.05) is 36.4 Å². The number of carbonyl (C=O) groups is 2. The van der Waals surface area contributed by atoms with Gasteiger partial charge in [0.05, 0.1) is 22.2 Å². The molecule has 2 atom stereocenters. The Hall–Kier alpha value is -3.80. The van der Waals surface area contributed by atoms with E-state index in [1.54, 1.807) is 12.4 Å². The maximum absolute atomic E-state index is 12.8. The summed E-state index contributed by atoms with van der Waals surface area (Å²) < 4.78 is 0. The van der Waals surface area contributed by atoms with E-state index in [0.717, 1.165) is 41.1 Å². The maximum atomic E-state index is 12.8. The third kappa shape index (κ3) is 4.30. The van der Waals surface area contributed by atoms with Crippen molar-refractivity contribution in [1.82, 2.24) is 20.6 Å². The minimum absolute atomic E-state index is 0.0164. The average molecular weight is 425 g/mol. The number of hydrogen-bond acceptors (Lipinski definition) is 4. The topological polar surface area (TPSA) is 84.0 Å². The lowest BCUT2D eigenvalue weighted by Crippen LogP contribution is -2.45. The van der Waals surface area contributed by atoms with Gasteiger partial charge in [0.1, 0.15) is 0 Å². The van der Waals surface area contributed by atoms with Gasteiger partial charge in [-0.05, 0) is 49.9 Å². The predicted molar refractivity (Wildman–Crippen MR) is 124 cm³/mol. The molecular formula is C26H24N4O2. The van der Waals surface area contributed by atoms with Crippen LogP contribution in [0.3, 0.4) is 0 Å². The molecule has 1 aliphatic carbocycles. The molecule has 2 aromatic carbocycles. The molecule has 1 aliphatic rings. The highest BCUT2D eigenvalue weighted by molar-refractivity contribution is 5.98. The summed E-state index contributed by atoms with van der Waals surface area (Å²) in [7, 11) is 0. The SMILES string of the molecule is O=C(NC1CCCC(NC(=O)c2cnc3ccccc3c2)C1)c1cnc2ccccc2c1. The number of hydrogen-bond donors (Lipinski definition) is 2. The summed E-state index contributed by atoms with van der Waals surface area (Å²) in [5, 5.41) is 8.13. The van der Waals surface area contributed by atoms with Crippen molar-refractivity contribution < 1.29 is 9.59 Å². The molecule has 32 heavy (non-hydrogen) atoms. The normalized spacial score (nSPS) is 18.4. The van der Waals surface area contributed by atoms with Gasteiger partial charge >= 0.3 is 0 Å². The van der Waals surface area contributed by atoms with Gasteiger partial charge in [0, 0.05) is 35.2 Å². The van der Waals surface area contributed by atoms with E-state index >= 15 is 0 Å². The van der Waals surface area contributed by atoms with E-state index in [9.17, 15) is 9.59 Å². The Bertz CT molecular complexity index is 1200. The highest BCUT2D eigenvalue weighted by Gasteiger charge is 2.25. The van der Waals surface area contributed by atoms with Crippen LogP contribution in [0, 0.1) is 0 Å². The van der Waals surface area contributed by atoms with Gasteiger partial charge < -0.3 is 10.6 Å². The number of rotatable bonds is 4. The highest BCUT2D eigenvalue weighted by atomic mass is 16.2. The molecule has 6 nitrogen and oxygen atoms in total. The van der Waals surface area contributed by atoms with E-state index < -0.39 is 0 Å². The number of carbonyl (C=O) groups excluding carboxylic acids is 2. The van der Waals surface area contributed by atoms with Crippen LogP contribution in [-0.4, -0.2) is 33.9 Å². The zero-order valence-electron chi connectivity index (χ0n) is 17.6. The molecule has 2 amide bonds. The van der Waals surface area contributed by atoms with Gasteiger partial charge in [-0.3, -0.25) is 19.6 Å². The van der Waals surface area contributed by atoms with Crippen molar-refractivity contribution in [3.63, 3.8) is 0 Å². The minimum Gasteiger partial charge on any atom is -0.349 e. The van der Waals surface area contributed by atoms with Crippen LogP contribution < -0.4 is 10.6 Å². The molecule has 160 valence electrons. The number of para-hydroxylation sites is 2. The summed E-state index contributed by atoms with van der Waals surface area (Å²) in [6.45, 7) is 0. The van der Waals surface area contributed by atoms with E-state index in [0.29, 0.717) is 17.5 Å². The highest BCUT2D eigenvalue weighted by Crippen LogP contribution is 2.21. The fourth-order valence-corrected chi connectivity index (χ4v) is 4.38. The largest absolute Gasteiger partial charge is 0.349 e. The van der Waals surface area contributed by atoms with Crippen LogP contribution >= 0.6 is 0 Å². The van der Waals surface area contributed by atoms with Gasteiger partial charge in [-0.2, -0.15) is 0 Å². The number of benzene rings is 2. The molecular weight excluding hydrogens is 400 g/mol. The first-order chi connectivity index (χ1) is 15.7. The van der Waals surface area contributed by atoms with Gasteiger partial charge in [0.15, 0.2) is 0 Å². The van der Waals surface area contributed by atoms with Crippen molar-refractivity contribution in [3.8, 4) is 0 Å². The van der Waals surface area contributed by atoms with Crippen molar-refractivity contribution in [2.75, 3.05) is 0 Å². The van der Waals surface area contributed by atoms with Crippen molar-refractivity contribution in [2.45, 2.75) is 37.8 Å². The fourth-order valence-electron chi connectivity index (χ4n) is 4.38. The number of amides is 2. The zero-order chi connectivity index (χ0) is 21.9. The van der Waals surface area contributed by atoms with Gasteiger partial charge in [-0.15, -0.1) is 0 Å². The summed E-state index contributed by atoms with van der Waals surface area (Å²) in [6.07, 6.45) is 6.69. The van der Waals surface area contributed by atoms with Crippen molar-refractivity contribution >= 4 is 33.6 Å². The number of pyridine rings is 2. The Morgan fingerprint density at radius 2 is 1.19 bits per heavy atom. The van der Waals surface area contributed by atoms with E-state index in [-0.39, 0.29) is 23.9 Å². The minimum atomic E-state index is -0.126. The van der Waals surface area contributed by atoms with E-state index in [1.807, 2.05) is 60.7 Å². The Labute approximate surface area is 186 Å². The van der Waals surface area contributed by atoms with Gasteiger partial charge in [0.25, 0.3) is 11.8 Å². The lowest BCUT2D eigenvalue weighted by Gasteiger charge is -2.30. The molecule has 0 spiro atoms. The molecule has 2 unspecified atom stereocenters. The second kappa shape index (κ2) is 8.75. The van der Waals surface area contributed by atoms with Crippen LogP contribution in [0.1, 0.15) is 46.4 Å². The Kier molecular flexibility index (Phi) is 5.50. The lowest BCUT2D eigenvalue weighted by molar-refractivity contribution is 0.0903. The Morgan fingerprint density at radius 3 is 1.69 bits per heavy atom. The standard InChI is InChI=1S/C26H24N4O2/c31-25(19-12-17-6-1-3-10-23(17)27-15-19)29-21-8-5-9-22(14-21)30-26(32)20-13-18-7-2-4-11-24(18)28-16-20/h1-4,6-7,10-13,15-16,21-22H,5,8-9,14H2,(H,29,31)(H,30,32). The molecule has 2 aromatic heterocycles. The molecule has 0 bridgehead atoms. The van der Waals surface area contributed by atoms with Crippen molar-refractivity contribution in [1.29, 1.82) is 0 Å². The first kappa shape index (κ1) is 20.1. The molecule has 2 heterocycles. The summed E-state index contributed by atoms with van der Waals surface area (Å²) in [5.74, 6) is -0.252. The molecule has 0 saturated heterocycles. The third-order valence-electron chi connectivity index (χ3n) is 6.05. The van der Waals surface area contributed by atoms with Crippen LogP contribution in [0.15, 0.2) is 73.1 Å². The van der Waals surface area contributed by atoms with Crippen LogP contribution in [-0.2, 0) is 0 Å². The molecule has 2 N–H and O–H groups in total. The van der Waals surface area contributed by atoms with Crippen LogP contribution in [0.25, 0.3) is 21.8 Å². The molecule has 0 aliphatic heterocycles. The molecule has 1 fully saturated rings. The summed E-state index contributed by atoms with van der Waals surface area (Å²) in [6, 6.07) is 19.3. The average Bonchev–Trinajstić information content (AvgIpc) is 2.83. The number of aromatic nitrogens is 2. The van der Waals surface area contributed by atoms with Crippen LogP contribution in [0.5, 0.6) is 0 Å². The number of nitrogens with one attached hydrogen (secondary N) is 2. The van der Waals surface area contributed by atoms with Gasteiger partial charge in [-0.25, -0.2) is 0 Å². The summed E-state index contributed by atoms with van der Waals surface area (Å²) in [5.41, 5.74) is 2.84. The van der Waals surface area contributed by atoms with Crippen LogP contribution in [0.4, 0.5) is 0 Å². The van der Waals surface area contributed by atoms with E-state index in [2.05, 4.69) is 20.6 Å². The molecule has 6 heteroatoms. The Balaban J connectivity index is 1.22. The number of fused-ring (bicyclic) bond motifs is 2. The quantitative estimate of drug-likeness (QED) is 0.513. The van der Waals surface area contributed by atoms with Crippen LogP contribution in [0.2, 0.25) is 0 Å². The van der Waals surface area contributed by atoms with E-state index in [1.165, 1.54) is 0 Å². The Morgan fingerprint density at radius 1 is 0.719 bits per heavy atom. The first-order valence-electron chi connectivity index (χ1n) is 11.0. The molecule has 4 aromatic rings. The zero-order valence-corrected chi connectivity index (χ0v) is 17.6. The summed E-state index contributed by atoms with van der Waals surface area (Å²) >= 11 is 0. The molecule has 1 saturated carbocycles. The first-order valence-corrected chi connectivity index (χ1v) is 11.0. The molecule has 0 radical (unpaired) electrons. The van der Waals surface area contributed by atoms with E-state index in [4.69, 9.17) is 0 Å². The second-order valence-corrected chi connectivity index (χ2v) is 8.34. The second-order valence-electron chi connectivity index (χ2n) is 8.34. The van der Waals surface area contributed by atoms with Crippen molar-refractivity contribution in [2.24, 2.45) is 0 Å². The number of nitrogens with zero attached hydrogens (tertiary/aromatic N) is 2. The third-order valence-corrected chi connectivity index (χ3v) is 6.05.